The van der Waals surface area contributed by atoms with E-state index >= 15 is 0 Å². The normalized spacial score (nSPS) is 9.14. The number of carbonyl (C=O) groups excluding carboxylic acids is 1. The lowest BCUT2D eigenvalue weighted by atomic mass is 9.98. The van der Waals surface area contributed by atoms with Gasteiger partial charge in [0.2, 0.25) is 0 Å². The van der Waals surface area contributed by atoms with Crippen LogP contribution in [-0.4, -0.2) is 17.4 Å². The zero-order chi connectivity index (χ0) is 10.7. The Hall–Kier alpha value is -2.15. The topological polar surface area (TPSA) is 78.2 Å². The number of carboxylic acid groups (broad SMARTS) is 1. The monoisotopic (exact) mass is 189 g/mol. The third kappa shape index (κ3) is 1.48. The Morgan fingerprint density at radius 1 is 1.57 bits per heavy atom. The number of aryl methyl sites for hydroxylation is 1. The van der Waals surface area contributed by atoms with Gasteiger partial charge in [0, 0.05) is 5.56 Å². The van der Waals surface area contributed by atoms with Crippen LogP contribution in [0, 0.1) is 18.3 Å². The molecule has 0 amide bonds. The molecule has 0 bridgehead atoms. The lowest BCUT2D eigenvalue weighted by molar-refractivity contribution is 0.0694. The van der Waals surface area contributed by atoms with Crippen molar-refractivity contribution in [1.29, 1.82) is 5.26 Å². The minimum absolute atomic E-state index is 0.0556. The highest BCUT2D eigenvalue weighted by molar-refractivity contribution is 5.99. The Morgan fingerprint density at radius 3 is 2.64 bits per heavy atom. The van der Waals surface area contributed by atoms with E-state index in [1.54, 1.807) is 6.92 Å². The van der Waals surface area contributed by atoms with Crippen LogP contribution in [0.3, 0.4) is 0 Å². The second kappa shape index (κ2) is 3.71. The van der Waals surface area contributed by atoms with Crippen LogP contribution in [0.25, 0.3) is 0 Å². The van der Waals surface area contributed by atoms with Crippen LogP contribution in [0.4, 0.5) is 0 Å². The third-order valence-corrected chi connectivity index (χ3v) is 1.91. The summed E-state index contributed by atoms with van der Waals surface area (Å²) in [5.41, 5.74) is 0.529. The Bertz CT molecular complexity index is 443. The molecule has 1 rings (SSSR count). The van der Waals surface area contributed by atoms with E-state index < -0.39 is 5.97 Å². The van der Waals surface area contributed by atoms with Crippen molar-refractivity contribution in [3.63, 3.8) is 0 Å². The smallest absolute Gasteiger partial charge is 0.336 e. The van der Waals surface area contributed by atoms with Gasteiger partial charge in [-0.15, -0.1) is 0 Å². The van der Waals surface area contributed by atoms with Crippen LogP contribution in [0.15, 0.2) is 12.1 Å². The molecular formula is C10H7NO3. The molecule has 0 saturated heterocycles. The maximum atomic E-state index is 10.7. The maximum Gasteiger partial charge on any atom is 0.336 e. The van der Waals surface area contributed by atoms with Gasteiger partial charge in [0.15, 0.2) is 6.29 Å². The van der Waals surface area contributed by atoms with Gasteiger partial charge >= 0.3 is 5.97 Å². The Labute approximate surface area is 80.4 Å². The highest BCUT2D eigenvalue weighted by Crippen LogP contribution is 2.16. The fourth-order valence-corrected chi connectivity index (χ4v) is 1.19. The van der Waals surface area contributed by atoms with Crippen LogP contribution < -0.4 is 0 Å². The van der Waals surface area contributed by atoms with Gasteiger partial charge in [0.1, 0.15) is 6.07 Å². The molecule has 0 aliphatic heterocycles. The Balaban J connectivity index is 3.58. The van der Waals surface area contributed by atoms with Crippen LogP contribution in [-0.2, 0) is 0 Å². The summed E-state index contributed by atoms with van der Waals surface area (Å²) in [6, 6.07) is 4.65. The van der Waals surface area contributed by atoms with Crippen molar-refractivity contribution in [3.05, 3.63) is 34.4 Å². The van der Waals surface area contributed by atoms with E-state index in [9.17, 15) is 9.59 Å². The van der Waals surface area contributed by atoms with Crippen molar-refractivity contribution in [1.82, 2.24) is 0 Å². The van der Waals surface area contributed by atoms with Gasteiger partial charge in [-0.1, -0.05) is 6.07 Å². The van der Waals surface area contributed by atoms with Gasteiger partial charge in [-0.05, 0) is 18.6 Å². The zero-order valence-electron chi connectivity index (χ0n) is 7.44. The molecule has 1 aromatic rings. The van der Waals surface area contributed by atoms with Crippen molar-refractivity contribution in [3.8, 4) is 6.07 Å². The second-order valence-corrected chi connectivity index (χ2v) is 2.75. The summed E-state index contributed by atoms with van der Waals surface area (Å²) >= 11 is 0. The number of aldehydes is 1. The predicted octanol–water partition coefficient (Wildman–Crippen LogP) is 1.38. The van der Waals surface area contributed by atoms with Crippen molar-refractivity contribution < 1.29 is 14.7 Å². The molecule has 1 N–H and O–H groups in total. The van der Waals surface area contributed by atoms with Crippen molar-refractivity contribution in [2.75, 3.05) is 0 Å². The summed E-state index contributed by atoms with van der Waals surface area (Å²) < 4.78 is 0. The predicted molar refractivity (Wildman–Crippen MR) is 48.2 cm³/mol. The first-order valence-electron chi connectivity index (χ1n) is 3.84. The molecule has 0 heterocycles. The summed E-state index contributed by atoms with van der Waals surface area (Å²) in [6.45, 7) is 1.65. The SMILES string of the molecule is Cc1ccc(C(=O)O)c(C=O)c1C#N. The van der Waals surface area contributed by atoms with Gasteiger partial charge in [0.05, 0.1) is 11.1 Å². The third-order valence-electron chi connectivity index (χ3n) is 1.91. The number of hydrogen-bond acceptors (Lipinski definition) is 3. The van der Waals surface area contributed by atoms with Crippen molar-refractivity contribution >= 4 is 12.3 Å². The highest BCUT2D eigenvalue weighted by atomic mass is 16.4. The molecule has 0 fully saturated rings. The first-order valence-corrected chi connectivity index (χ1v) is 3.84. The van der Waals surface area contributed by atoms with Gasteiger partial charge < -0.3 is 5.11 Å². The standard InChI is InChI=1S/C10H7NO3/c1-6-2-3-7(10(13)14)9(5-12)8(6)4-11/h2-3,5H,1H3,(H,13,14). The number of aromatic carboxylic acids is 1. The van der Waals surface area contributed by atoms with Crippen LogP contribution in [0.5, 0.6) is 0 Å². The molecule has 0 spiro atoms. The van der Waals surface area contributed by atoms with E-state index in [1.165, 1.54) is 12.1 Å². The Kier molecular flexibility index (Phi) is 2.63. The molecular weight excluding hydrogens is 182 g/mol. The fourth-order valence-electron chi connectivity index (χ4n) is 1.19. The van der Waals surface area contributed by atoms with E-state index in [-0.39, 0.29) is 16.7 Å². The van der Waals surface area contributed by atoms with Crippen LogP contribution >= 0.6 is 0 Å². The van der Waals surface area contributed by atoms with Gasteiger partial charge in [0.25, 0.3) is 0 Å². The van der Waals surface area contributed by atoms with Gasteiger partial charge in [-0.3, -0.25) is 4.79 Å². The molecule has 0 radical (unpaired) electrons. The van der Waals surface area contributed by atoms with E-state index in [0.717, 1.165) is 0 Å². The number of nitriles is 1. The molecule has 1 aromatic carbocycles. The fraction of sp³-hybridized carbons (Fsp3) is 0.100. The minimum atomic E-state index is -1.20. The largest absolute Gasteiger partial charge is 0.478 e. The average molecular weight is 189 g/mol. The number of carboxylic acids is 1. The van der Waals surface area contributed by atoms with Crippen LogP contribution in [0.1, 0.15) is 31.8 Å². The van der Waals surface area contributed by atoms with E-state index in [1.807, 2.05) is 6.07 Å². The average Bonchev–Trinajstić information content (AvgIpc) is 2.16. The second-order valence-electron chi connectivity index (χ2n) is 2.75. The molecule has 0 aliphatic carbocycles. The molecule has 0 saturated carbocycles. The molecule has 0 unspecified atom stereocenters. The van der Waals surface area contributed by atoms with Crippen molar-refractivity contribution in [2.45, 2.75) is 6.92 Å². The molecule has 0 aromatic heterocycles. The quantitative estimate of drug-likeness (QED) is 0.713. The lowest BCUT2D eigenvalue weighted by Gasteiger charge is -2.03. The number of rotatable bonds is 2. The molecule has 4 nitrogen and oxygen atoms in total. The summed E-state index contributed by atoms with van der Waals surface area (Å²) in [5, 5.41) is 17.5. The number of hydrogen-bond donors (Lipinski definition) is 1. The first kappa shape index (κ1) is 9.93. The van der Waals surface area contributed by atoms with Gasteiger partial charge in [-0.2, -0.15) is 5.26 Å². The molecule has 0 aliphatic rings. The number of carbonyl (C=O) groups is 2. The summed E-state index contributed by atoms with van der Waals surface area (Å²) in [6.07, 6.45) is 0.398. The number of benzene rings is 1. The minimum Gasteiger partial charge on any atom is -0.478 e. The first-order chi connectivity index (χ1) is 6.61. The molecule has 70 valence electrons. The van der Waals surface area contributed by atoms with Crippen molar-refractivity contribution in [2.24, 2.45) is 0 Å². The van der Waals surface area contributed by atoms with E-state index in [4.69, 9.17) is 10.4 Å². The van der Waals surface area contributed by atoms with E-state index in [0.29, 0.717) is 11.8 Å². The zero-order valence-corrected chi connectivity index (χ0v) is 7.44. The molecule has 0 atom stereocenters. The summed E-state index contributed by atoms with van der Waals surface area (Å²) in [5.74, 6) is -1.20. The highest BCUT2D eigenvalue weighted by Gasteiger charge is 2.14. The van der Waals surface area contributed by atoms with E-state index in [2.05, 4.69) is 0 Å². The summed E-state index contributed by atoms with van der Waals surface area (Å²) in [4.78, 5) is 21.3. The Morgan fingerprint density at radius 2 is 2.21 bits per heavy atom. The maximum absolute atomic E-state index is 10.7. The molecule has 14 heavy (non-hydrogen) atoms. The van der Waals surface area contributed by atoms with Gasteiger partial charge in [-0.25, -0.2) is 4.79 Å². The van der Waals surface area contributed by atoms with Crippen LogP contribution in [0.2, 0.25) is 0 Å². The lowest BCUT2D eigenvalue weighted by Crippen LogP contribution is -2.05. The number of nitrogens with zero attached hydrogens (tertiary/aromatic N) is 1. The molecule has 4 heteroatoms. The summed E-state index contributed by atoms with van der Waals surface area (Å²) in [7, 11) is 0.